The van der Waals surface area contributed by atoms with Crippen molar-refractivity contribution in [2.75, 3.05) is 0 Å². The molecule has 1 aromatic carbocycles. The summed E-state index contributed by atoms with van der Waals surface area (Å²) >= 11 is 0. The Balaban J connectivity index is 3.19. The van der Waals surface area contributed by atoms with Crippen LogP contribution in [-0.4, -0.2) is 12.5 Å². The van der Waals surface area contributed by atoms with Crippen molar-refractivity contribution in [1.29, 1.82) is 0 Å². The third-order valence-corrected chi connectivity index (χ3v) is 1.76. The lowest BCUT2D eigenvalue weighted by Crippen LogP contribution is -2.10. The first kappa shape index (κ1) is 10.5. The molecule has 0 bridgehead atoms. The lowest BCUT2D eigenvalue weighted by atomic mass is 10.0. The van der Waals surface area contributed by atoms with Gasteiger partial charge in [0.15, 0.2) is 6.29 Å². The molecule has 0 fully saturated rings. The Morgan fingerprint density at radius 3 is 2.36 bits per heavy atom. The molecule has 0 saturated carbocycles. The molecule has 0 spiro atoms. The molecule has 0 aliphatic heterocycles. The lowest BCUT2D eigenvalue weighted by molar-refractivity contribution is -0.0686. The Labute approximate surface area is 78.9 Å². The fourth-order valence-corrected chi connectivity index (χ4v) is 1.03. The standard InChI is InChI=1S/C10H7F3O/c1-7(10(11,12)13)9-5-3-2-4-8(9)6-14/h2-6H,1H2. The number of allylic oxidation sites excluding steroid dienone is 1. The average molecular weight is 200 g/mol. The summed E-state index contributed by atoms with van der Waals surface area (Å²) in [6.07, 6.45) is -4.12. The van der Waals surface area contributed by atoms with Gasteiger partial charge in [-0.15, -0.1) is 0 Å². The molecule has 0 aromatic heterocycles. The summed E-state index contributed by atoms with van der Waals surface area (Å²) in [7, 11) is 0. The number of carbonyl (C=O) groups is 1. The van der Waals surface area contributed by atoms with Gasteiger partial charge >= 0.3 is 6.18 Å². The van der Waals surface area contributed by atoms with E-state index in [-0.39, 0.29) is 11.1 Å². The Kier molecular flexibility index (Phi) is 2.74. The molecule has 0 amide bonds. The van der Waals surface area contributed by atoms with Gasteiger partial charge in [0.25, 0.3) is 0 Å². The molecule has 0 unspecified atom stereocenters. The van der Waals surface area contributed by atoms with Gasteiger partial charge in [-0.1, -0.05) is 30.8 Å². The monoisotopic (exact) mass is 200 g/mol. The van der Waals surface area contributed by atoms with E-state index in [1.54, 1.807) is 0 Å². The normalized spacial score (nSPS) is 11.1. The average Bonchev–Trinajstić information content (AvgIpc) is 2.15. The molecule has 0 atom stereocenters. The maximum atomic E-state index is 12.2. The first-order valence-electron chi connectivity index (χ1n) is 3.77. The Morgan fingerprint density at radius 1 is 1.29 bits per heavy atom. The topological polar surface area (TPSA) is 17.1 Å². The molecule has 0 aliphatic carbocycles. The lowest BCUT2D eigenvalue weighted by Gasteiger charge is -2.11. The summed E-state index contributed by atoms with van der Waals surface area (Å²) in [6, 6.07) is 5.47. The van der Waals surface area contributed by atoms with Gasteiger partial charge in [-0.2, -0.15) is 13.2 Å². The number of rotatable bonds is 2. The van der Waals surface area contributed by atoms with E-state index < -0.39 is 11.7 Å². The largest absolute Gasteiger partial charge is 0.416 e. The van der Waals surface area contributed by atoms with E-state index in [9.17, 15) is 18.0 Å². The highest BCUT2D eigenvalue weighted by atomic mass is 19.4. The number of hydrogen-bond donors (Lipinski definition) is 0. The number of alkyl halides is 3. The van der Waals surface area contributed by atoms with Crippen LogP contribution in [0.25, 0.3) is 5.57 Å². The molecule has 0 heterocycles. The van der Waals surface area contributed by atoms with Crippen molar-refractivity contribution in [3.63, 3.8) is 0 Å². The van der Waals surface area contributed by atoms with Gasteiger partial charge in [0.1, 0.15) is 0 Å². The van der Waals surface area contributed by atoms with Crippen molar-refractivity contribution in [2.24, 2.45) is 0 Å². The SMILES string of the molecule is C=C(c1ccccc1C=O)C(F)(F)F. The van der Waals surface area contributed by atoms with Crippen molar-refractivity contribution in [3.8, 4) is 0 Å². The van der Waals surface area contributed by atoms with Crippen LogP contribution >= 0.6 is 0 Å². The molecule has 74 valence electrons. The van der Waals surface area contributed by atoms with Crippen LogP contribution in [0.2, 0.25) is 0 Å². The van der Waals surface area contributed by atoms with Gasteiger partial charge < -0.3 is 0 Å². The number of halogens is 3. The summed E-state index contributed by atoms with van der Waals surface area (Å²) in [6.45, 7) is 2.92. The first-order valence-corrected chi connectivity index (χ1v) is 3.77. The van der Waals surface area contributed by atoms with Gasteiger partial charge in [0.2, 0.25) is 0 Å². The number of benzene rings is 1. The van der Waals surface area contributed by atoms with Crippen LogP contribution in [0.1, 0.15) is 15.9 Å². The molecule has 14 heavy (non-hydrogen) atoms. The Bertz CT molecular complexity index is 366. The van der Waals surface area contributed by atoms with Crippen molar-refractivity contribution in [1.82, 2.24) is 0 Å². The summed E-state index contributed by atoms with van der Waals surface area (Å²) < 4.78 is 36.7. The molecule has 0 N–H and O–H groups in total. The number of hydrogen-bond acceptors (Lipinski definition) is 1. The molecular formula is C10H7F3O. The predicted octanol–water partition coefficient (Wildman–Crippen LogP) is 3.07. The maximum Gasteiger partial charge on any atom is 0.416 e. The zero-order valence-corrected chi connectivity index (χ0v) is 7.14. The van der Waals surface area contributed by atoms with Crippen LogP contribution in [0, 0.1) is 0 Å². The van der Waals surface area contributed by atoms with E-state index in [1.807, 2.05) is 0 Å². The van der Waals surface area contributed by atoms with Crippen molar-refractivity contribution in [3.05, 3.63) is 42.0 Å². The fraction of sp³-hybridized carbons (Fsp3) is 0.100. The minimum atomic E-state index is -4.50. The second kappa shape index (κ2) is 3.65. The fourth-order valence-electron chi connectivity index (χ4n) is 1.03. The van der Waals surface area contributed by atoms with E-state index in [4.69, 9.17) is 0 Å². The van der Waals surface area contributed by atoms with Crippen LogP contribution in [0.15, 0.2) is 30.8 Å². The highest BCUT2D eigenvalue weighted by Crippen LogP contribution is 2.33. The van der Waals surface area contributed by atoms with Gasteiger partial charge in [-0.05, 0) is 5.56 Å². The molecule has 1 rings (SSSR count). The van der Waals surface area contributed by atoms with Gasteiger partial charge in [0, 0.05) is 5.56 Å². The van der Waals surface area contributed by atoms with Crippen LogP contribution in [0.5, 0.6) is 0 Å². The van der Waals surface area contributed by atoms with E-state index in [0.717, 1.165) is 0 Å². The van der Waals surface area contributed by atoms with E-state index in [0.29, 0.717) is 6.29 Å². The molecule has 1 nitrogen and oxygen atoms in total. The maximum absolute atomic E-state index is 12.2. The van der Waals surface area contributed by atoms with Gasteiger partial charge in [-0.3, -0.25) is 4.79 Å². The zero-order chi connectivity index (χ0) is 10.8. The summed E-state index contributed by atoms with van der Waals surface area (Å²) in [5.74, 6) is 0. The number of aldehydes is 1. The van der Waals surface area contributed by atoms with Gasteiger partial charge in [0.05, 0.1) is 5.57 Å². The molecule has 0 aliphatic rings. The van der Waals surface area contributed by atoms with Crippen molar-refractivity contribution in [2.45, 2.75) is 6.18 Å². The third kappa shape index (κ3) is 2.02. The van der Waals surface area contributed by atoms with Crippen LogP contribution < -0.4 is 0 Å². The van der Waals surface area contributed by atoms with E-state index in [2.05, 4.69) is 6.58 Å². The minimum absolute atomic E-state index is 0.00479. The third-order valence-electron chi connectivity index (χ3n) is 1.76. The summed E-state index contributed by atoms with van der Waals surface area (Å²) in [5.41, 5.74) is -1.18. The molecule has 4 heteroatoms. The Hall–Kier alpha value is -1.58. The zero-order valence-electron chi connectivity index (χ0n) is 7.14. The van der Waals surface area contributed by atoms with Crippen LogP contribution in [-0.2, 0) is 0 Å². The second-order valence-corrected chi connectivity index (χ2v) is 2.68. The molecular weight excluding hydrogens is 193 g/mol. The highest BCUT2D eigenvalue weighted by Gasteiger charge is 2.33. The molecule has 1 aromatic rings. The molecule has 0 saturated heterocycles. The Morgan fingerprint density at radius 2 is 1.86 bits per heavy atom. The van der Waals surface area contributed by atoms with Crippen LogP contribution in [0.4, 0.5) is 13.2 Å². The van der Waals surface area contributed by atoms with E-state index in [1.165, 1.54) is 24.3 Å². The van der Waals surface area contributed by atoms with Gasteiger partial charge in [-0.25, -0.2) is 0 Å². The quantitative estimate of drug-likeness (QED) is 0.670. The molecule has 0 radical (unpaired) electrons. The summed E-state index contributed by atoms with van der Waals surface area (Å²) in [4.78, 5) is 10.5. The summed E-state index contributed by atoms with van der Waals surface area (Å²) in [5, 5.41) is 0. The van der Waals surface area contributed by atoms with Crippen molar-refractivity contribution < 1.29 is 18.0 Å². The minimum Gasteiger partial charge on any atom is -0.298 e. The first-order chi connectivity index (χ1) is 6.46. The van der Waals surface area contributed by atoms with Crippen LogP contribution in [0.3, 0.4) is 0 Å². The highest BCUT2D eigenvalue weighted by molar-refractivity contribution is 5.86. The second-order valence-electron chi connectivity index (χ2n) is 2.68. The van der Waals surface area contributed by atoms with E-state index >= 15 is 0 Å². The predicted molar refractivity (Wildman–Crippen MR) is 46.9 cm³/mol. The smallest absolute Gasteiger partial charge is 0.298 e. The van der Waals surface area contributed by atoms with Crippen molar-refractivity contribution >= 4 is 11.9 Å². The number of carbonyl (C=O) groups excluding carboxylic acids is 1.